The number of carbonyl (C=O) groups excluding carboxylic acids is 1. The molecule has 2 aromatic carbocycles. The number of hydrogen-bond acceptors (Lipinski definition) is 2. The molecule has 6 heteroatoms. The van der Waals surface area contributed by atoms with Crippen molar-refractivity contribution in [2.75, 3.05) is 11.9 Å². The standard InChI is InChI=1S/C17H17BrCl2N2O/c1-2-15(11-6-8-12(18)9-7-11)21-10-16(23)22-17-13(19)4-3-5-14(17)20/h3-9,15,21H,2,10H2,1H3,(H,22,23)/t15-/m0/s1. The normalized spacial score (nSPS) is 12.0. The van der Waals surface area contributed by atoms with Crippen molar-refractivity contribution in [2.24, 2.45) is 0 Å². The van der Waals surface area contributed by atoms with E-state index in [1.807, 2.05) is 24.3 Å². The van der Waals surface area contributed by atoms with Gasteiger partial charge in [0.25, 0.3) is 0 Å². The molecule has 0 unspecified atom stereocenters. The molecule has 0 bridgehead atoms. The van der Waals surface area contributed by atoms with Gasteiger partial charge in [0.1, 0.15) is 0 Å². The van der Waals surface area contributed by atoms with Crippen LogP contribution in [0, 0.1) is 0 Å². The number of carbonyl (C=O) groups is 1. The quantitative estimate of drug-likeness (QED) is 0.659. The molecule has 23 heavy (non-hydrogen) atoms. The van der Waals surface area contributed by atoms with E-state index in [1.165, 1.54) is 0 Å². The average molecular weight is 416 g/mol. The zero-order valence-electron chi connectivity index (χ0n) is 12.6. The van der Waals surface area contributed by atoms with Crippen molar-refractivity contribution in [1.82, 2.24) is 5.32 Å². The number of para-hydroxylation sites is 1. The summed E-state index contributed by atoms with van der Waals surface area (Å²) in [5.74, 6) is -0.185. The molecule has 0 fully saturated rings. The maximum atomic E-state index is 12.1. The van der Waals surface area contributed by atoms with Gasteiger partial charge in [0, 0.05) is 10.5 Å². The largest absolute Gasteiger partial charge is 0.322 e. The second kappa shape index (κ2) is 8.69. The van der Waals surface area contributed by atoms with Crippen LogP contribution in [0.4, 0.5) is 5.69 Å². The van der Waals surface area contributed by atoms with E-state index in [0.717, 1.165) is 16.5 Å². The van der Waals surface area contributed by atoms with Crippen molar-refractivity contribution in [2.45, 2.75) is 19.4 Å². The van der Waals surface area contributed by atoms with E-state index >= 15 is 0 Å². The highest BCUT2D eigenvalue weighted by Gasteiger charge is 2.13. The van der Waals surface area contributed by atoms with Crippen molar-refractivity contribution in [3.8, 4) is 0 Å². The first-order chi connectivity index (χ1) is 11.0. The molecule has 0 spiro atoms. The van der Waals surface area contributed by atoms with Crippen LogP contribution in [0.1, 0.15) is 24.9 Å². The molecule has 0 radical (unpaired) electrons. The van der Waals surface area contributed by atoms with Crippen LogP contribution in [-0.2, 0) is 4.79 Å². The van der Waals surface area contributed by atoms with Gasteiger partial charge in [0.2, 0.25) is 5.91 Å². The molecule has 0 aliphatic carbocycles. The van der Waals surface area contributed by atoms with Crippen molar-refractivity contribution < 1.29 is 4.79 Å². The fourth-order valence-electron chi connectivity index (χ4n) is 2.21. The smallest absolute Gasteiger partial charge is 0.238 e. The molecule has 0 aromatic heterocycles. The van der Waals surface area contributed by atoms with Crippen LogP contribution < -0.4 is 10.6 Å². The van der Waals surface area contributed by atoms with Gasteiger partial charge in [-0.15, -0.1) is 0 Å². The Hall–Kier alpha value is -1.07. The molecule has 0 heterocycles. The van der Waals surface area contributed by atoms with Gasteiger partial charge in [0.05, 0.1) is 22.3 Å². The molecule has 2 N–H and O–H groups in total. The summed E-state index contributed by atoms with van der Waals surface area (Å²) in [5.41, 5.74) is 1.58. The third-order valence-electron chi connectivity index (χ3n) is 3.42. The van der Waals surface area contributed by atoms with Gasteiger partial charge in [-0.2, -0.15) is 0 Å². The maximum absolute atomic E-state index is 12.1. The molecule has 0 aliphatic rings. The van der Waals surface area contributed by atoms with Crippen molar-refractivity contribution in [3.63, 3.8) is 0 Å². The number of anilines is 1. The molecular formula is C17H17BrCl2N2O. The summed E-state index contributed by atoms with van der Waals surface area (Å²) in [6.07, 6.45) is 0.877. The molecule has 0 aliphatic heterocycles. The van der Waals surface area contributed by atoms with Crippen LogP contribution in [0.5, 0.6) is 0 Å². The van der Waals surface area contributed by atoms with E-state index in [1.54, 1.807) is 18.2 Å². The first kappa shape index (κ1) is 18.3. The topological polar surface area (TPSA) is 41.1 Å². The van der Waals surface area contributed by atoms with Crippen LogP contribution in [-0.4, -0.2) is 12.5 Å². The average Bonchev–Trinajstić information content (AvgIpc) is 2.53. The minimum atomic E-state index is -0.185. The number of halogens is 3. The monoisotopic (exact) mass is 414 g/mol. The Morgan fingerprint density at radius 3 is 2.30 bits per heavy atom. The Labute approximate surface area is 154 Å². The van der Waals surface area contributed by atoms with E-state index in [-0.39, 0.29) is 18.5 Å². The van der Waals surface area contributed by atoms with Crippen LogP contribution in [0.2, 0.25) is 10.0 Å². The first-order valence-electron chi connectivity index (χ1n) is 7.24. The van der Waals surface area contributed by atoms with Gasteiger partial charge in [-0.05, 0) is 36.2 Å². The molecule has 0 saturated heterocycles. The van der Waals surface area contributed by atoms with Crippen molar-refractivity contribution in [3.05, 3.63) is 62.5 Å². The SMILES string of the molecule is CC[C@H](NCC(=O)Nc1c(Cl)cccc1Cl)c1ccc(Br)cc1. The summed E-state index contributed by atoms with van der Waals surface area (Å²) < 4.78 is 1.03. The predicted octanol–water partition coefficient (Wildman–Crippen LogP) is 5.44. The van der Waals surface area contributed by atoms with Gasteiger partial charge >= 0.3 is 0 Å². The van der Waals surface area contributed by atoms with E-state index < -0.39 is 0 Å². The highest BCUT2D eigenvalue weighted by molar-refractivity contribution is 9.10. The summed E-state index contributed by atoms with van der Waals surface area (Å²) in [4.78, 5) is 12.1. The van der Waals surface area contributed by atoms with Crippen LogP contribution in [0.15, 0.2) is 46.9 Å². The van der Waals surface area contributed by atoms with Gasteiger partial charge in [-0.1, -0.05) is 64.3 Å². The first-order valence-corrected chi connectivity index (χ1v) is 8.79. The van der Waals surface area contributed by atoms with E-state index in [4.69, 9.17) is 23.2 Å². The molecule has 2 aromatic rings. The Morgan fingerprint density at radius 1 is 1.13 bits per heavy atom. The Bertz CT molecular complexity index is 657. The van der Waals surface area contributed by atoms with Crippen molar-refractivity contribution in [1.29, 1.82) is 0 Å². The van der Waals surface area contributed by atoms with Gasteiger partial charge in [-0.25, -0.2) is 0 Å². The number of benzene rings is 2. The fourth-order valence-corrected chi connectivity index (χ4v) is 2.97. The Morgan fingerprint density at radius 2 is 1.74 bits per heavy atom. The second-order valence-corrected chi connectivity index (χ2v) is 6.77. The number of hydrogen-bond donors (Lipinski definition) is 2. The molecular weight excluding hydrogens is 399 g/mol. The third kappa shape index (κ3) is 5.21. The fraction of sp³-hybridized carbons (Fsp3) is 0.235. The summed E-state index contributed by atoms with van der Waals surface area (Å²) in [6, 6.07) is 13.3. The molecule has 0 saturated carbocycles. The number of nitrogens with one attached hydrogen (secondary N) is 2. The Balaban J connectivity index is 1.96. The molecule has 1 atom stereocenters. The zero-order valence-corrected chi connectivity index (χ0v) is 15.7. The Kier molecular flexibility index (Phi) is 6.90. The van der Waals surface area contributed by atoms with E-state index in [2.05, 4.69) is 33.5 Å². The molecule has 3 nitrogen and oxygen atoms in total. The maximum Gasteiger partial charge on any atom is 0.238 e. The summed E-state index contributed by atoms with van der Waals surface area (Å²) >= 11 is 15.5. The van der Waals surface area contributed by atoms with Gasteiger partial charge in [-0.3, -0.25) is 4.79 Å². The van der Waals surface area contributed by atoms with Crippen LogP contribution in [0.25, 0.3) is 0 Å². The molecule has 2 rings (SSSR count). The van der Waals surface area contributed by atoms with Gasteiger partial charge in [0.15, 0.2) is 0 Å². The van der Waals surface area contributed by atoms with E-state index in [9.17, 15) is 4.79 Å². The lowest BCUT2D eigenvalue weighted by Crippen LogP contribution is -2.31. The lowest BCUT2D eigenvalue weighted by molar-refractivity contribution is -0.115. The summed E-state index contributed by atoms with van der Waals surface area (Å²) in [5, 5.41) is 6.84. The minimum Gasteiger partial charge on any atom is -0.322 e. The molecule has 1 amide bonds. The summed E-state index contributed by atoms with van der Waals surface area (Å²) in [7, 11) is 0. The highest BCUT2D eigenvalue weighted by atomic mass is 79.9. The second-order valence-electron chi connectivity index (χ2n) is 5.04. The summed E-state index contributed by atoms with van der Waals surface area (Å²) in [6.45, 7) is 2.25. The van der Waals surface area contributed by atoms with E-state index in [0.29, 0.717) is 15.7 Å². The lowest BCUT2D eigenvalue weighted by Gasteiger charge is -2.18. The minimum absolute atomic E-state index is 0.107. The third-order valence-corrected chi connectivity index (χ3v) is 4.58. The zero-order chi connectivity index (χ0) is 16.8. The van der Waals surface area contributed by atoms with Crippen LogP contribution >= 0.6 is 39.1 Å². The highest BCUT2D eigenvalue weighted by Crippen LogP contribution is 2.29. The van der Waals surface area contributed by atoms with Crippen LogP contribution in [0.3, 0.4) is 0 Å². The molecule has 122 valence electrons. The van der Waals surface area contributed by atoms with Gasteiger partial charge < -0.3 is 10.6 Å². The number of amides is 1. The predicted molar refractivity (Wildman–Crippen MR) is 100 cm³/mol. The van der Waals surface area contributed by atoms with Crippen molar-refractivity contribution >= 4 is 50.7 Å². The number of rotatable bonds is 6. The lowest BCUT2D eigenvalue weighted by atomic mass is 10.0.